The van der Waals surface area contributed by atoms with Crippen LogP contribution < -0.4 is 5.73 Å². The van der Waals surface area contributed by atoms with E-state index in [1.165, 1.54) is 4.90 Å². The predicted octanol–water partition coefficient (Wildman–Crippen LogP) is 1.61. The Balaban J connectivity index is 2.55. The van der Waals surface area contributed by atoms with E-state index in [9.17, 15) is 13.2 Å². The van der Waals surface area contributed by atoms with Gasteiger partial charge in [0.2, 0.25) is 0 Å². The van der Waals surface area contributed by atoms with Crippen LogP contribution in [0.2, 0.25) is 0 Å². The first kappa shape index (κ1) is 11.8. The van der Waals surface area contributed by atoms with Crippen molar-refractivity contribution >= 4 is 0 Å². The molecule has 0 amide bonds. The van der Waals surface area contributed by atoms with Crippen molar-refractivity contribution in [1.29, 1.82) is 0 Å². The van der Waals surface area contributed by atoms with Gasteiger partial charge < -0.3 is 5.73 Å². The Morgan fingerprint density at radius 1 is 1.50 bits per heavy atom. The minimum Gasteiger partial charge on any atom is -0.329 e. The third kappa shape index (κ3) is 2.60. The number of halogens is 3. The predicted molar refractivity (Wildman–Crippen MR) is 48.9 cm³/mol. The molecule has 1 heterocycles. The summed E-state index contributed by atoms with van der Waals surface area (Å²) in [6.07, 6.45) is -2.37. The highest BCUT2D eigenvalue weighted by molar-refractivity contribution is 4.85. The lowest BCUT2D eigenvalue weighted by Crippen LogP contribution is -2.49. The number of nitrogens with zero attached hydrogens (tertiary/aromatic N) is 1. The molecule has 2 unspecified atom stereocenters. The van der Waals surface area contributed by atoms with E-state index in [2.05, 4.69) is 0 Å². The molecule has 0 saturated carbocycles. The standard InChI is InChI=1S/C9H17F3N2/c1-2-7-3-4-14(6-7)8(5-13)9(10,11)12/h7-8H,2-6,13H2,1H3. The summed E-state index contributed by atoms with van der Waals surface area (Å²) in [6, 6.07) is -1.45. The molecule has 0 aromatic rings. The first-order valence-electron chi connectivity index (χ1n) is 4.99. The molecule has 1 aliphatic rings. The second-order valence-electron chi connectivity index (χ2n) is 3.85. The largest absolute Gasteiger partial charge is 0.405 e. The van der Waals surface area contributed by atoms with Crippen molar-refractivity contribution in [2.24, 2.45) is 11.7 Å². The summed E-state index contributed by atoms with van der Waals surface area (Å²) in [7, 11) is 0. The van der Waals surface area contributed by atoms with Gasteiger partial charge in [-0.3, -0.25) is 4.90 Å². The van der Waals surface area contributed by atoms with Gasteiger partial charge in [-0.15, -0.1) is 0 Å². The molecule has 14 heavy (non-hydrogen) atoms. The van der Waals surface area contributed by atoms with Crippen LogP contribution >= 0.6 is 0 Å². The summed E-state index contributed by atoms with van der Waals surface area (Å²) in [5.74, 6) is 0.409. The molecule has 1 aliphatic heterocycles. The molecule has 2 atom stereocenters. The number of hydrogen-bond donors (Lipinski definition) is 1. The van der Waals surface area contributed by atoms with E-state index in [0.29, 0.717) is 19.0 Å². The summed E-state index contributed by atoms with van der Waals surface area (Å²) >= 11 is 0. The van der Waals surface area contributed by atoms with E-state index < -0.39 is 12.2 Å². The van der Waals surface area contributed by atoms with E-state index >= 15 is 0 Å². The zero-order valence-electron chi connectivity index (χ0n) is 8.35. The minimum atomic E-state index is -4.18. The molecule has 0 radical (unpaired) electrons. The lowest BCUT2D eigenvalue weighted by Gasteiger charge is -2.28. The molecule has 0 aromatic heterocycles. The summed E-state index contributed by atoms with van der Waals surface area (Å²) in [4.78, 5) is 1.47. The van der Waals surface area contributed by atoms with Gasteiger partial charge in [-0.05, 0) is 18.9 Å². The van der Waals surface area contributed by atoms with Gasteiger partial charge in [-0.2, -0.15) is 13.2 Å². The second kappa shape index (κ2) is 4.49. The maximum absolute atomic E-state index is 12.5. The van der Waals surface area contributed by atoms with Crippen molar-refractivity contribution < 1.29 is 13.2 Å². The molecule has 2 N–H and O–H groups in total. The Morgan fingerprint density at radius 2 is 2.14 bits per heavy atom. The maximum Gasteiger partial charge on any atom is 0.405 e. The van der Waals surface area contributed by atoms with Crippen molar-refractivity contribution in [3.63, 3.8) is 0 Å². The lowest BCUT2D eigenvalue weighted by atomic mass is 10.1. The first-order valence-corrected chi connectivity index (χ1v) is 4.99. The molecule has 2 nitrogen and oxygen atoms in total. The highest BCUT2D eigenvalue weighted by Gasteiger charge is 2.44. The van der Waals surface area contributed by atoms with Gasteiger partial charge in [0.25, 0.3) is 0 Å². The van der Waals surface area contributed by atoms with Crippen LogP contribution in [0.5, 0.6) is 0 Å². The number of alkyl halides is 3. The smallest absolute Gasteiger partial charge is 0.329 e. The molecule has 5 heteroatoms. The van der Waals surface area contributed by atoms with Crippen LogP contribution in [0, 0.1) is 5.92 Å². The third-order valence-electron chi connectivity index (χ3n) is 2.94. The summed E-state index contributed by atoms with van der Waals surface area (Å²) < 4.78 is 37.4. The quantitative estimate of drug-likeness (QED) is 0.766. The van der Waals surface area contributed by atoms with Gasteiger partial charge in [-0.1, -0.05) is 13.3 Å². The summed E-state index contributed by atoms with van der Waals surface area (Å²) in [5.41, 5.74) is 5.16. The third-order valence-corrected chi connectivity index (χ3v) is 2.94. The van der Waals surface area contributed by atoms with Crippen molar-refractivity contribution in [2.45, 2.75) is 32.0 Å². The fourth-order valence-electron chi connectivity index (χ4n) is 1.97. The summed E-state index contributed by atoms with van der Waals surface area (Å²) in [5, 5.41) is 0. The van der Waals surface area contributed by atoms with Gasteiger partial charge in [0.15, 0.2) is 0 Å². The minimum absolute atomic E-state index is 0.333. The topological polar surface area (TPSA) is 29.3 Å². The molecule has 1 fully saturated rings. The van der Waals surface area contributed by atoms with E-state index in [1.54, 1.807) is 0 Å². The lowest BCUT2D eigenvalue weighted by molar-refractivity contribution is -0.178. The van der Waals surface area contributed by atoms with Crippen LogP contribution in [0.3, 0.4) is 0 Å². The SMILES string of the molecule is CCC1CCN(C(CN)C(F)(F)F)C1. The normalized spacial score (nSPS) is 26.8. The molecule has 1 rings (SSSR count). The van der Waals surface area contributed by atoms with E-state index in [0.717, 1.165) is 12.8 Å². The molecule has 0 bridgehead atoms. The van der Waals surface area contributed by atoms with Gasteiger partial charge >= 0.3 is 6.18 Å². The van der Waals surface area contributed by atoms with Crippen molar-refractivity contribution in [3.8, 4) is 0 Å². The molecule has 1 saturated heterocycles. The molecular weight excluding hydrogens is 193 g/mol. The van der Waals surface area contributed by atoms with Gasteiger partial charge in [0.05, 0.1) is 0 Å². The fourth-order valence-corrected chi connectivity index (χ4v) is 1.97. The van der Waals surface area contributed by atoms with Gasteiger partial charge in [0.1, 0.15) is 6.04 Å². The van der Waals surface area contributed by atoms with E-state index in [-0.39, 0.29) is 6.54 Å². The average molecular weight is 210 g/mol. The number of rotatable bonds is 3. The Morgan fingerprint density at radius 3 is 2.50 bits per heavy atom. The zero-order chi connectivity index (χ0) is 10.8. The van der Waals surface area contributed by atoms with Crippen LogP contribution in [0.15, 0.2) is 0 Å². The van der Waals surface area contributed by atoms with Crippen LogP contribution in [-0.4, -0.2) is 36.8 Å². The van der Waals surface area contributed by atoms with Crippen LogP contribution in [-0.2, 0) is 0 Å². The van der Waals surface area contributed by atoms with Crippen molar-refractivity contribution in [2.75, 3.05) is 19.6 Å². The number of likely N-dealkylation sites (tertiary alicyclic amines) is 1. The fraction of sp³-hybridized carbons (Fsp3) is 1.00. The molecule has 0 aliphatic carbocycles. The Hall–Kier alpha value is -0.290. The zero-order valence-corrected chi connectivity index (χ0v) is 8.35. The van der Waals surface area contributed by atoms with Crippen LogP contribution in [0.1, 0.15) is 19.8 Å². The summed E-state index contributed by atoms with van der Waals surface area (Å²) in [6.45, 7) is 2.75. The second-order valence-corrected chi connectivity index (χ2v) is 3.85. The highest BCUT2D eigenvalue weighted by atomic mass is 19.4. The van der Waals surface area contributed by atoms with Crippen molar-refractivity contribution in [3.05, 3.63) is 0 Å². The van der Waals surface area contributed by atoms with Crippen molar-refractivity contribution in [1.82, 2.24) is 4.90 Å². The maximum atomic E-state index is 12.5. The number of nitrogens with two attached hydrogens (primary N) is 1. The Labute approximate surface area is 82.2 Å². The molecular formula is C9H17F3N2. The van der Waals surface area contributed by atoms with Crippen LogP contribution in [0.4, 0.5) is 13.2 Å². The monoisotopic (exact) mass is 210 g/mol. The van der Waals surface area contributed by atoms with E-state index in [1.807, 2.05) is 6.92 Å². The highest BCUT2D eigenvalue weighted by Crippen LogP contribution is 2.29. The van der Waals surface area contributed by atoms with Gasteiger partial charge in [0, 0.05) is 13.1 Å². The Kier molecular flexibility index (Phi) is 3.78. The Bertz CT molecular complexity index is 181. The van der Waals surface area contributed by atoms with Crippen LogP contribution in [0.25, 0.3) is 0 Å². The molecule has 84 valence electrons. The van der Waals surface area contributed by atoms with Gasteiger partial charge in [-0.25, -0.2) is 0 Å². The first-order chi connectivity index (χ1) is 6.49. The number of hydrogen-bond acceptors (Lipinski definition) is 2. The average Bonchev–Trinajstić information content (AvgIpc) is 2.51. The molecule has 0 spiro atoms. The molecule has 0 aromatic carbocycles. The van der Waals surface area contributed by atoms with E-state index in [4.69, 9.17) is 5.73 Å².